The van der Waals surface area contributed by atoms with Crippen molar-refractivity contribution in [2.75, 3.05) is 12.9 Å². The standard InChI is InChI=1S/C20H25N5O3S/c1-12-9-14(3)25-19(21-12)22-23-20(25)29-11-17(26)16-10-13(2)24(15(16)4)8-6-7-18(27)28-5/h9-10H,6-8,11H2,1-5H3. The molecule has 3 aromatic heterocycles. The van der Waals surface area contributed by atoms with Crippen molar-refractivity contribution in [2.45, 2.75) is 52.2 Å². The summed E-state index contributed by atoms with van der Waals surface area (Å²) in [5.41, 5.74) is 4.49. The van der Waals surface area contributed by atoms with Crippen LogP contribution in [0.5, 0.6) is 0 Å². The zero-order valence-electron chi connectivity index (χ0n) is 17.4. The molecule has 0 amide bonds. The highest BCUT2D eigenvalue weighted by molar-refractivity contribution is 7.99. The number of aromatic nitrogens is 5. The third kappa shape index (κ3) is 4.50. The summed E-state index contributed by atoms with van der Waals surface area (Å²) in [5, 5.41) is 8.95. The number of carbonyl (C=O) groups excluding carboxylic acids is 2. The molecule has 0 bridgehead atoms. The van der Waals surface area contributed by atoms with Crippen molar-refractivity contribution in [1.82, 2.24) is 24.1 Å². The molecule has 0 saturated carbocycles. The van der Waals surface area contributed by atoms with Crippen LogP contribution in [0.3, 0.4) is 0 Å². The van der Waals surface area contributed by atoms with Crippen molar-refractivity contribution < 1.29 is 14.3 Å². The van der Waals surface area contributed by atoms with Crippen LogP contribution in [0.2, 0.25) is 0 Å². The number of esters is 1. The molecule has 0 spiro atoms. The van der Waals surface area contributed by atoms with E-state index in [9.17, 15) is 9.59 Å². The summed E-state index contributed by atoms with van der Waals surface area (Å²) >= 11 is 1.36. The molecular weight excluding hydrogens is 390 g/mol. The van der Waals surface area contributed by atoms with Crippen molar-refractivity contribution in [2.24, 2.45) is 0 Å². The molecule has 3 aromatic rings. The van der Waals surface area contributed by atoms with Crippen LogP contribution in [0, 0.1) is 27.7 Å². The molecule has 0 aliphatic heterocycles. The number of carbonyl (C=O) groups is 2. The molecule has 0 aliphatic carbocycles. The molecule has 3 heterocycles. The Labute approximate surface area is 173 Å². The van der Waals surface area contributed by atoms with Crippen LogP contribution in [0.15, 0.2) is 17.3 Å². The molecule has 0 fully saturated rings. The van der Waals surface area contributed by atoms with E-state index in [4.69, 9.17) is 0 Å². The number of ketones is 1. The molecule has 3 rings (SSSR count). The molecule has 0 unspecified atom stereocenters. The van der Waals surface area contributed by atoms with Gasteiger partial charge in [0, 0.05) is 41.3 Å². The van der Waals surface area contributed by atoms with Crippen molar-refractivity contribution in [1.29, 1.82) is 0 Å². The van der Waals surface area contributed by atoms with Gasteiger partial charge in [0.05, 0.1) is 12.9 Å². The lowest BCUT2D eigenvalue weighted by Gasteiger charge is -2.09. The Balaban J connectivity index is 1.70. The molecule has 9 heteroatoms. The summed E-state index contributed by atoms with van der Waals surface area (Å²) in [6.45, 7) is 8.47. The van der Waals surface area contributed by atoms with Gasteiger partial charge in [0.2, 0.25) is 0 Å². The number of hydrogen-bond donors (Lipinski definition) is 0. The van der Waals surface area contributed by atoms with Gasteiger partial charge in [-0.2, -0.15) is 0 Å². The van der Waals surface area contributed by atoms with Gasteiger partial charge in [0.25, 0.3) is 5.78 Å². The third-order valence-electron chi connectivity index (χ3n) is 4.86. The highest BCUT2D eigenvalue weighted by Crippen LogP contribution is 2.22. The second-order valence-electron chi connectivity index (χ2n) is 6.98. The minimum Gasteiger partial charge on any atom is -0.469 e. The summed E-state index contributed by atoms with van der Waals surface area (Å²) in [6, 6.07) is 3.87. The minimum atomic E-state index is -0.222. The van der Waals surface area contributed by atoms with Crippen molar-refractivity contribution in [3.05, 3.63) is 40.5 Å². The number of methoxy groups -OCH3 is 1. The first-order valence-electron chi connectivity index (χ1n) is 9.40. The molecule has 0 atom stereocenters. The second-order valence-corrected chi connectivity index (χ2v) is 7.93. The lowest BCUT2D eigenvalue weighted by Crippen LogP contribution is -2.09. The van der Waals surface area contributed by atoms with Crippen LogP contribution >= 0.6 is 11.8 Å². The van der Waals surface area contributed by atoms with Crippen LogP contribution in [0.25, 0.3) is 5.78 Å². The van der Waals surface area contributed by atoms with Crippen LogP contribution in [0.1, 0.15) is 46.0 Å². The lowest BCUT2D eigenvalue weighted by atomic mass is 10.2. The van der Waals surface area contributed by atoms with Gasteiger partial charge < -0.3 is 9.30 Å². The molecule has 0 N–H and O–H groups in total. The number of Topliss-reactive ketones (excluding diaryl/α,β-unsaturated/α-hetero) is 1. The molecule has 0 aliphatic rings. The summed E-state index contributed by atoms with van der Waals surface area (Å²) in [7, 11) is 1.39. The summed E-state index contributed by atoms with van der Waals surface area (Å²) < 4.78 is 8.62. The normalized spacial score (nSPS) is 11.2. The molecular formula is C20H25N5O3S. The van der Waals surface area contributed by atoms with Crippen molar-refractivity contribution in [3.8, 4) is 0 Å². The fourth-order valence-corrected chi connectivity index (χ4v) is 4.28. The van der Waals surface area contributed by atoms with Crippen LogP contribution in [0.4, 0.5) is 0 Å². The average Bonchev–Trinajstić information content (AvgIpc) is 3.21. The average molecular weight is 416 g/mol. The second kappa shape index (κ2) is 8.77. The monoisotopic (exact) mass is 415 g/mol. The van der Waals surface area contributed by atoms with E-state index >= 15 is 0 Å². The minimum absolute atomic E-state index is 0.0387. The molecule has 0 aromatic carbocycles. The topological polar surface area (TPSA) is 91.4 Å². The van der Waals surface area contributed by atoms with Gasteiger partial charge in [0.15, 0.2) is 10.9 Å². The first-order chi connectivity index (χ1) is 13.8. The highest BCUT2D eigenvalue weighted by Gasteiger charge is 2.18. The van der Waals surface area contributed by atoms with Gasteiger partial charge >= 0.3 is 5.97 Å². The number of aryl methyl sites for hydroxylation is 3. The van der Waals surface area contributed by atoms with E-state index in [2.05, 4.69) is 24.5 Å². The van der Waals surface area contributed by atoms with E-state index in [0.29, 0.717) is 35.9 Å². The SMILES string of the molecule is COC(=O)CCCn1c(C)cc(C(=O)CSc2nnc3nc(C)cc(C)n23)c1C. The van der Waals surface area contributed by atoms with Crippen LogP contribution < -0.4 is 0 Å². The van der Waals surface area contributed by atoms with Crippen molar-refractivity contribution >= 4 is 29.3 Å². The maximum absolute atomic E-state index is 12.8. The predicted molar refractivity (Wildman–Crippen MR) is 110 cm³/mol. The Hall–Kier alpha value is -2.68. The molecule has 29 heavy (non-hydrogen) atoms. The quantitative estimate of drug-likeness (QED) is 0.317. The number of ether oxygens (including phenoxy) is 1. The Morgan fingerprint density at radius 2 is 1.86 bits per heavy atom. The molecule has 8 nitrogen and oxygen atoms in total. The number of nitrogens with zero attached hydrogens (tertiary/aromatic N) is 5. The number of hydrogen-bond acceptors (Lipinski definition) is 7. The maximum Gasteiger partial charge on any atom is 0.305 e. The summed E-state index contributed by atoms with van der Waals surface area (Å²) in [5.74, 6) is 0.624. The Bertz CT molecular complexity index is 1070. The van der Waals surface area contributed by atoms with Gasteiger partial charge in [0.1, 0.15) is 0 Å². The first kappa shape index (κ1) is 21.0. The predicted octanol–water partition coefficient (Wildman–Crippen LogP) is 3.09. The fraction of sp³-hybridized carbons (Fsp3) is 0.450. The molecule has 0 radical (unpaired) electrons. The Morgan fingerprint density at radius 3 is 2.59 bits per heavy atom. The smallest absolute Gasteiger partial charge is 0.305 e. The third-order valence-corrected chi connectivity index (χ3v) is 5.79. The number of fused-ring (bicyclic) bond motifs is 1. The van der Waals surface area contributed by atoms with Crippen LogP contribution in [-0.4, -0.2) is 48.8 Å². The Morgan fingerprint density at radius 1 is 1.10 bits per heavy atom. The first-order valence-corrected chi connectivity index (χ1v) is 10.4. The largest absolute Gasteiger partial charge is 0.469 e. The maximum atomic E-state index is 12.8. The van der Waals surface area contributed by atoms with Crippen LogP contribution in [-0.2, 0) is 16.1 Å². The number of thioether (sulfide) groups is 1. The molecule has 0 saturated heterocycles. The van der Waals surface area contributed by atoms with E-state index < -0.39 is 0 Å². The van der Waals surface area contributed by atoms with E-state index in [0.717, 1.165) is 22.8 Å². The van der Waals surface area contributed by atoms with E-state index in [1.165, 1.54) is 18.9 Å². The van der Waals surface area contributed by atoms with Gasteiger partial charge in [-0.25, -0.2) is 4.98 Å². The van der Waals surface area contributed by atoms with Gasteiger partial charge in [-0.15, -0.1) is 10.2 Å². The zero-order chi connectivity index (χ0) is 21.1. The van der Waals surface area contributed by atoms with Gasteiger partial charge in [-0.05, 0) is 46.2 Å². The van der Waals surface area contributed by atoms with Gasteiger partial charge in [-0.1, -0.05) is 11.8 Å². The zero-order valence-corrected chi connectivity index (χ0v) is 18.2. The lowest BCUT2D eigenvalue weighted by molar-refractivity contribution is -0.140. The van der Waals surface area contributed by atoms with Gasteiger partial charge in [-0.3, -0.25) is 14.0 Å². The Kier molecular flexibility index (Phi) is 6.36. The van der Waals surface area contributed by atoms with E-state index in [1.807, 2.05) is 44.2 Å². The fourth-order valence-electron chi connectivity index (χ4n) is 3.41. The van der Waals surface area contributed by atoms with E-state index in [-0.39, 0.29) is 17.5 Å². The highest BCUT2D eigenvalue weighted by atomic mass is 32.2. The van der Waals surface area contributed by atoms with Crippen molar-refractivity contribution in [3.63, 3.8) is 0 Å². The summed E-state index contributed by atoms with van der Waals surface area (Å²) in [6.07, 6.45) is 1.03. The molecule has 154 valence electrons. The van der Waals surface area contributed by atoms with E-state index in [1.54, 1.807) is 0 Å². The number of rotatable bonds is 8. The summed E-state index contributed by atoms with van der Waals surface area (Å²) in [4.78, 5) is 28.5.